The first-order valence-electron chi connectivity index (χ1n) is 13.0. The third-order valence-electron chi connectivity index (χ3n) is 8.13. The van der Waals surface area contributed by atoms with Crippen molar-refractivity contribution in [3.8, 4) is 5.88 Å². The molecule has 200 valence electrons. The summed E-state index contributed by atoms with van der Waals surface area (Å²) in [5.41, 5.74) is 1.90. The van der Waals surface area contributed by atoms with Crippen LogP contribution in [0.15, 0.2) is 30.5 Å². The first kappa shape index (κ1) is 24.6. The summed E-state index contributed by atoms with van der Waals surface area (Å²) in [4.78, 5) is 14.0. The molecular weight excluding hydrogens is 490 g/mol. The van der Waals surface area contributed by atoms with Crippen LogP contribution < -0.4 is 25.2 Å². The van der Waals surface area contributed by atoms with Gasteiger partial charge >= 0.3 is 0 Å². The predicted octanol–water partition coefficient (Wildman–Crippen LogP) is 4.35. The normalized spacial score (nSPS) is 23.4. The van der Waals surface area contributed by atoms with E-state index in [-0.39, 0.29) is 11.5 Å². The number of aromatic nitrogens is 4. The molecule has 1 aromatic carbocycles. The van der Waals surface area contributed by atoms with E-state index in [9.17, 15) is 8.78 Å². The number of benzene rings is 1. The number of piperidine rings is 1. The molecule has 0 radical (unpaired) electrons. The van der Waals surface area contributed by atoms with E-state index < -0.39 is 11.6 Å². The molecular formula is C27H32F2N8O. The number of anilines is 5. The van der Waals surface area contributed by atoms with Crippen molar-refractivity contribution in [2.45, 2.75) is 38.1 Å². The third kappa shape index (κ3) is 4.13. The molecule has 2 aliphatic heterocycles. The zero-order valence-corrected chi connectivity index (χ0v) is 22.0. The fraction of sp³-hybridized carbons (Fsp3) is 0.481. The second-order valence-electron chi connectivity index (χ2n) is 11.0. The number of nitrogens with one attached hydrogen (secondary N) is 2. The van der Waals surface area contributed by atoms with Gasteiger partial charge in [-0.3, -0.25) is 0 Å². The van der Waals surface area contributed by atoms with E-state index in [2.05, 4.69) is 39.6 Å². The first-order valence-corrected chi connectivity index (χ1v) is 13.0. The summed E-state index contributed by atoms with van der Waals surface area (Å²) in [6.07, 6.45) is 4.00. The molecule has 3 atom stereocenters. The van der Waals surface area contributed by atoms with Gasteiger partial charge in [0, 0.05) is 55.8 Å². The van der Waals surface area contributed by atoms with Gasteiger partial charge < -0.3 is 25.2 Å². The molecule has 0 spiro atoms. The maximum absolute atomic E-state index is 14.9. The third-order valence-corrected chi connectivity index (χ3v) is 8.13. The molecule has 2 bridgehead atoms. The monoisotopic (exact) mass is 522 g/mol. The van der Waals surface area contributed by atoms with Crippen molar-refractivity contribution in [2.24, 2.45) is 11.8 Å². The lowest BCUT2D eigenvalue weighted by molar-refractivity contribution is 0.373. The Morgan fingerprint density at radius 1 is 1.08 bits per heavy atom. The molecule has 2 fully saturated rings. The van der Waals surface area contributed by atoms with Crippen LogP contribution in [0.1, 0.15) is 32.3 Å². The summed E-state index contributed by atoms with van der Waals surface area (Å²) >= 11 is 0. The van der Waals surface area contributed by atoms with Crippen LogP contribution in [0, 0.1) is 23.5 Å². The Hall–Kier alpha value is -3.76. The van der Waals surface area contributed by atoms with Gasteiger partial charge in [0.2, 0.25) is 11.8 Å². The number of halogens is 2. The minimum Gasteiger partial charge on any atom is -0.480 e. The fourth-order valence-electron chi connectivity index (χ4n) is 6.39. The van der Waals surface area contributed by atoms with E-state index >= 15 is 0 Å². The number of methoxy groups -OCH3 is 1. The Bertz CT molecular complexity index is 1350. The molecule has 2 N–H and O–H groups in total. The second-order valence-corrected chi connectivity index (χ2v) is 11.0. The Morgan fingerprint density at radius 2 is 1.84 bits per heavy atom. The molecule has 9 nitrogen and oxygen atoms in total. The number of rotatable bonds is 6. The average Bonchev–Trinajstić information content (AvgIpc) is 3.29. The topological polar surface area (TPSA) is 91.3 Å². The summed E-state index contributed by atoms with van der Waals surface area (Å²) in [5.74, 6) is 1.98. The van der Waals surface area contributed by atoms with Gasteiger partial charge in [-0.05, 0) is 36.8 Å². The van der Waals surface area contributed by atoms with Gasteiger partial charge in [-0.2, -0.15) is 15.1 Å². The molecule has 1 saturated carbocycles. The number of nitrogens with zero attached hydrogens (tertiary/aromatic N) is 6. The Kier molecular flexibility index (Phi) is 5.96. The van der Waals surface area contributed by atoms with E-state index in [4.69, 9.17) is 14.7 Å². The highest BCUT2D eigenvalue weighted by Crippen LogP contribution is 2.48. The van der Waals surface area contributed by atoms with Gasteiger partial charge in [-0.25, -0.2) is 8.78 Å². The van der Waals surface area contributed by atoms with Crippen LogP contribution in [-0.2, 0) is 5.41 Å². The number of hydrogen-bond donors (Lipinski definition) is 2. The quantitative estimate of drug-likeness (QED) is 0.490. The van der Waals surface area contributed by atoms with Crippen molar-refractivity contribution >= 4 is 29.0 Å². The summed E-state index contributed by atoms with van der Waals surface area (Å²) in [6, 6.07) is 5.81. The van der Waals surface area contributed by atoms with Crippen molar-refractivity contribution < 1.29 is 13.5 Å². The van der Waals surface area contributed by atoms with Crippen molar-refractivity contribution in [1.29, 1.82) is 0 Å². The molecule has 0 amide bonds. The van der Waals surface area contributed by atoms with Crippen molar-refractivity contribution in [3.63, 3.8) is 0 Å². The lowest BCUT2D eigenvalue weighted by Crippen LogP contribution is -2.48. The van der Waals surface area contributed by atoms with Gasteiger partial charge in [-0.1, -0.05) is 13.8 Å². The van der Waals surface area contributed by atoms with Crippen LogP contribution >= 0.6 is 0 Å². The van der Waals surface area contributed by atoms with Gasteiger partial charge in [0.25, 0.3) is 0 Å². The predicted molar refractivity (Wildman–Crippen MR) is 142 cm³/mol. The molecule has 4 heterocycles. The molecule has 3 aliphatic rings. The fourth-order valence-corrected chi connectivity index (χ4v) is 6.39. The molecule has 0 unspecified atom stereocenters. The van der Waals surface area contributed by atoms with Gasteiger partial charge in [-0.15, -0.1) is 5.10 Å². The Labute approximate surface area is 220 Å². The minimum atomic E-state index is -0.611. The lowest BCUT2D eigenvalue weighted by atomic mass is 9.88. The molecule has 3 aromatic rings. The molecule has 1 saturated heterocycles. The number of ether oxygens (including phenoxy) is 1. The van der Waals surface area contributed by atoms with E-state index in [1.165, 1.54) is 12.1 Å². The second kappa shape index (κ2) is 9.21. The Balaban J connectivity index is 1.30. The average molecular weight is 523 g/mol. The van der Waals surface area contributed by atoms with Crippen LogP contribution in [0.5, 0.6) is 5.88 Å². The SMILES string of the molecule is CNc1nc(N[C@H]2[C@@H]3CC[C@H]2CN(c2cnnc(OC)c2)C3)nc2c1C(C)(C)CN2c1ccc(F)cc1F. The molecule has 11 heteroatoms. The van der Waals surface area contributed by atoms with E-state index in [0.29, 0.717) is 47.5 Å². The molecule has 1 aliphatic carbocycles. The van der Waals surface area contributed by atoms with Gasteiger partial charge in [0.05, 0.1) is 24.7 Å². The van der Waals surface area contributed by atoms with Gasteiger partial charge in [0.1, 0.15) is 23.3 Å². The van der Waals surface area contributed by atoms with Crippen LogP contribution in [0.3, 0.4) is 0 Å². The zero-order chi connectivity index (χ0) is 26.6. The number of fused-ring (bicyclic) bond motifs is 3. The number of hydrogen-bond acceptors (Lipinski definition) is 9. The summed E-state index contributed by atoms with van der Waals surface area (Å²) < 4.78 is 33.8. The summed E-state index contributed by atoms with van der Waals surface area (Å²) in [6.45, 7) is 6.44. The highest BCUT2D eigenvalue weighted by molar-refractivity contribution is 5.76. The molecule has 38 heavy (non-hydrogen) atoms. The summed E-state index contributed by atoms with van der Waals surface area (Å²) in [7, 11) is 3.43. The Morgan fingerprint density at radius 3 is 2.53 bits per heavy atom. The van der Waals surface area contributed by atoms with Crippen LogP contribution in [0.4, 0.5) is 37.7 Å². The highest BCUT2D eigenvalue weighted by Gasteiger charge is 2.44. The van der Waals surface area contributed by atoms with E-state index in [1.54, 1.807) is 13.3 Å². The first-order chi connectivity index (χ1) is 18.3. The van der Waals surface area contributed by atoms with E-state index in [1.807, 2.05) is 18.0 Å². The largest absolute Gasteiger partial charge is 0.480 e. The van der Waals surface area contributed by atoms with Crippen molar-refractivity contribution in [2.75, 3.05) is 54.2 Å². The maximum atomic E-state index is 14.9. The highest BCUT2D eigenvalue weighted by atomic mass is 19.1. The van der Waals surface area contributed by atoms with Crippen molar-refractivity contribution in [1.82, 2.24) is 20.2 Å². The lowest BCUT2D eigenvalue weighted by Gasteiger charge is -2.39. The smallest absolute Gasteiger partial charge is 0.235 e. The van der Waals surface area contributed by atoms with Crippen molar-refractivity contribution in [3.05, 3.63) is 47.7 Å². The molecule has 6 rings (SSSR count). The summed E-state index contributed by atoms with van der Waals surface area (Å²) in [5, 5.41) is 14.9. The maximum Gasteiger partial charge on any atom is 0.235 e. The standard InChI is InChI=1S/C27H32F2N8O/c1-27(2)14-37(20-8-7-17(28)9-19(20)29)25-22(27)24(30-3)33-26(34-25)32-23-15-5-6-16(23)13-36(12-15)18-10-21(38-4)35-31-11-18/h7-11,15-16,23H,5-6,12-14H2,1-4H3,(H2,30,32,33,34)/t15-,16+,23+. The van der Waals surface area contributed by atoms with E-state index in [0.717, 1.165) is 43.2 Å². The van der Waals surface area contributed by atoms with Crippen LogP contribution in [0.2, 0.25) is 0 Å². The minimum absolute atomic E-state index is 0.219. The van der Waals surface area contributed by atoms with Gasteiger partial charge in [0.15, 0.2) is 0 Å². The zero-order valence-electron chi connectivity index (χ0n) is 22.0. The van der Waals surface area contributed by atoms with Crippen LogP contribution in [0.25, 0.3) is 0 Å². The van der Waals surface area contributed by atoms with Crippen LogP contribution in [-0.4, -0.2) is 60.0 Å². The molecule has 2 aromatic heterocycles.